The molecule has 0 aliphatic carbocycles. The first-order valence-electron chi connectivity index (χ1n) is 7.44. The third-order valence-corrected chi connectivity index (χ3v) is 4.68. The Morgan fingerprint density at radius 1 is 1.38 bits per heavy atom. The summed E-state index contributed by atoms with van der Waals surface area (Å²) in [6.45, 7) is 1.74. The van der Waals surface area contributed by atoms with Crippen molar-refractivity contribution in [2.24, 2.45) is 5.92 Å². The first-order chi connectivity index (χ1) is 11.3. The molecule has 1 aromatic carbocycles. The Labute approximate surface area is 150 Å². The van der Waals surface area contributed by atoms with Crippen molar-refractivity contribution in [1.29, 1.82) is 0 Å². The second-order valence-corrected chi connectivity index (χ2v) is 6.50. The van der Waals surface area contributed by atoms with Gasteiger partial charge in [-0.25, -0.2) is 9.59 Å². The molecule has 3 atom stereocenters. The minimum absolute atomic E-state index is 0.0627. The average Bonchev–Trinajstić information content (AvgIpc) is 2.98. The van der Waals surface area contributed by atoms with Gasteiger partial charge in [-0.1, -0.05) is 18.5 Å². The average molecular weight is 372 g/mol. The second kappa shape index (κ2) is 7.90. The van der Waals surface area contributed by atoms with E-state index in [4.69, 9.17) is 16.3 Å². The molecule has 24 heavy (non-hydrogen) atoms. The van der Waals surface area contributed by atoms with Crippen LogP contribution in [0.2, 0.25) is 5.02 Å². The third-order valence-electron chi connectivity index (χ3n) is 3.88. The Bertz CT molecular complexity index is 636. The van der Waals surface area contributed by atoms with E-state index in [0.717, 1.165) is 0 Å². The monoisotopic (exact) mass is 371 g/mol. The van der Waals surface area contributed by atoms with E-state index in [1.807, 2.05) is 0 Å². The highest BCUT2D eigenvalue weighted by Crippen LogP contribution is 2.24. The number of hydrogen-bond acceptors (Lipinski definition) is 5. The fraction of sp³-hybridized carbons (Fsp3) is 0.438. The number of carbonyl (C=O) groups excluding carboxylic acids is 2. The molecule has 1 amide bonds. The normalized spacial score (nSPS) is 21.4. The van der Waals surface area contributed by atoms with Crippen molar-refractivity contribution >= 4 is 42.1 Å². The van der Waals surface area contributed by atoms with Crippen LogP contribution in [0.4, 0.5) is 0 Å². The predicted octanol–water partition coefficient (Wildman–Crippen LogP) is 2.12. The van der Waals surface area contributed by atoms with E-state index in [-0.39, 0.29) is 18.9 Å². The number of halogens is 1. The molecule has 0 spiro atoms. The number of ether oxygens (including phenoxy) is 1. The largest absolute Gasteiger partial charge is 0.480 e. The van der Waals surface area contributed by atoms with Gasteiger partial charge >= 0.3 is 11.9 Å². The van der Waals surface area contributed by atoms with E-state index >= 15 is 0 Å². The van der Waals surface area contributed by atoms with E-state index in [1.165, 1.54) is 17.0 Å². The number of nitrogens with zero attached hydrogens (tertiary/aromatic N) is 1. The number of carboxylic acid groups (broad SMARTS) is 1. The van der Waals surface area contributed by atoms with Crippen LogP contribution >= 0.6 is 24.2 Å². The van der Waals surface area contributed by atoms with Crippen LogP contribution < -0.4 is 0 Å². The molecule has 1 aromatic rings. The van der Waals surface area contributed by atoms with Crippen LogP contribution in [-0.2, 0) is 14.3 Å². The fourth-order valence-corrected chi connectivity index (χ4v) is 2.81. The van der Waals surface area contributed by atoms with Gasteiger partial charge in [-0.2, -0.15) is 12.6 Å². The second-order valence-electron chi connectivity index (χ2n) is 5.70. The van der Waals surface area contributed by atoms with Gasteiger partial charge in [0.25, 0.3) is 0 Å². The Balaban J connectivity index is 2.07. The quantitative estimate of drug-likeness (QED) is 0.611. The molecule has 0 radical (unpaired) electrons. The molecule has 1 unspecified atom stereocenters. The maximum Gasteiger partial charge on any atom is 0.338 e. The molecular formula is C16H18ClNO5S. The van der Waals surface area contributed by atoms with Gasteiger partial charge in [-0.3, -0.25) is 4.79 Å². The smallest absolute Gasteiger partial charge is 0.338 e. The molecular weight excluding hydrogens is 354 g/mol. The van der Waals surface area contributed by atoms with Gasteiger partial charge in [0.2, 0.25) is 5.91 Å². The molecule has 1 saturated heterocycles. The summed E-state index contributed by atoms with van der Waals surface area (Å²) in [6.07, 6.45) is -0.593. The number of benzene rings is 1. The van der Waals surface area contributed by atoms with Crippen LogP contribution in [0.3, 0.4) is 0 Å². The van der Waals surface area contributed by atoms with E-state index in [2.05, 4.69) is 12.6 Å². The van der Waals surface area contributed by atoms with Gasteiger partial charge in [0.15, 0.2) is 0 Å². The summed E-state index contributed by atoms with van der Waals surface area (Å²) in [7, 11) is 0. The van der Waals surface area contributed by atoms with Crippen molar-refractivity contribution in [3.8, 4) is 0 Å². The van der Waals surface area contributed by atoms with Crippen molar-refractivity contribution in [1.82, 2.24) is 4.90 Å². The van der Waals surface area contributed by atoms with E-state index in [0.29, 0.717) is 16.3 Å². The molecule has 0 saturated carbocycles. The van der Waals surface area contributed by atoms with Crippen LogP contribution in [0.1, 0.15) is 23.7 Å². The topological polar surface area (TPSA) is 83.9 Å². The van der Waals surface area contributed by atoms with Gasteiger partial charge < -0.3 is 14.7 Å². The van der Waals surface area contributed by atoms with Gasteiger partial charge in [-0.15, -0.1) is 0 Å². The van der Waals surface area contributed by atoms with Crippen molar-refractivity contribution in [2.45, 2.75) is 25.5 Å². The lowest BCUT2D eigenvalue weighted by Crippen LogP contribution is -2.43. The van der Waals surface area contributed by atoms with Crippen LogP contribution in [0.25, 0.3) is 0 Å². The molecule has 0 aromatic heterocycles. The summed E-state index contributed by atoms with van der Waals surface area (Å²) < 4.78 is 5.35. The zero-order chi connectivity index (χ0) is 17.9. The summed E-state index contributed by atoms with van der Waals surface area (Å²) in [6, 6.07) is 5.19. The maximum absolute atomic E-state index is 12.3. The minimum atomic E-state index is -1.11. The van der Waals surface area contributed by atoms with Crippen LogP contribution in [0, 0.1) is 5.92 Å². The number of carbonyl (C=O) groups is 3. The van der Waals surface area contributed by atoms with Crippen molar-refractivity contribution < 1.29 is 24.2 Å². The predicted molar refractivity (Wildman–Crippen MR) is 91.4 cm³/mol. The molecule has 8 heteroatoms. The number of aliphatic carboxylic acids is 1. The molecule has 2 rings (SSSR count). The summed E-state index contributed by atoms with van der Waals surface area (Å²) in [5.41, 5.74) is 0.319. The molecule has 6 nitrogen and oxygen atoms in total. The first kappa shape index (κ1) is 18.6. The molecule has 1 N–H and O–H groups in total. The lowest BCUT2D eigenvalue weighted by atomic mass is 10.1. The Morgan fingerprint density at radius 3 is 2.54 bits per heavy atom. The van der Waals surface area contributed by atoms with Gasteiger partial charge in [0, 0.05) is 23.1 Å². The third kappa shape index (κ3) is 4.21. The molecule has 0 bridgehead atoms. The Hall–Kier alpha value is -1.73. The van der Waals surface area contributed by atoms with Crippen LogP contribution in [0.15, 0.2) is 24.3 Å². The number of hydrogen-bond donors (Lipinski definition) is 2. The number of carboxylic acids is 1. The summed E-state index contributed by atoms with van der Waals surface area (Å²) >= 11 is 9.84. The Kier molecular flexibility index (Phi) is 6.12. The SMILES string of the molecule is CC(CS)C(=O)N1C[C@@H](OC(=O)c2ccc(Cl)cc2)C[C@H]1C(=O)O. The van der Waals surface area contributed by atoms with Crippen LogP contribution in [-0.4, -0.2) is 52.3 Å². The zero-order valence-electron chi connectivity index (χ0n) is 13.0. The number of likely N-dealkylation sites (tertiary alicyclic amines) is 1. The molecule has 130 valence electrons. The summed E-state index contributed by atoms with van der Waals surface area (Å²) in [5.74, 6) is -2.07. The molecule has 1 heterocycles. The van der Waals surface area contributed by atoms with E-state index < -0.39 is 30.0 Å². The number of thiol groups is 1. The molecule has 1 aliphatic rings. The zero-order valence-corrected chi connectivity index (χ0v) is 14.7. The fourth-order valence-electron chi connectivity index (χ4n) is 2.53. The lowest BCUT2D eigenvalue weighted by Gasteiger charge is -2.23. The number of esters is 1. The Morgan fingerprint density at radius 2 is 2.00 bits per heavy atom. The number of amides is 1. The maximum atomic E-state index is 12.3. The van der Waals surface area contributed by atoms with Crippen molar-refractivity contribution in [3.05, 3.63) is 34.9 Å². The lowest BCUT2D eigenvalue weighted by molar-refractivity contribution is -0.149. The van der Waals surface area contributed by atoms with E-state index in [9.17, 15) is 19.5 Å². The minimum Gasteiger partial charge on any atom is -0.480 e. The van der Waals surface area contributed by atoms with Crippen LogP contribution in [0.5, 0.6) is 0 Å². The van der Waals surface area contributed by atoms with Crippen molar-refractivity contribution in [2.75, 3.05) is 12.3 Å². The molecule has 1 fully saturated rings. The molecule has 1 aliphatic heterocycles. The van der Waals surface area contributed by atoms with Gasteiger partial charge in [0.05, 0.1) is 12.1 Å². The standard InChI is InChI=1S/C16H18ClNO5S/c1-9(8-24)14(19)18-7-12(6-13(18)15(20)21)23-16(22)10-2-4-11(17)5-3-10/h2-5,9,12-13,24H,6-8H2,1H3,(H,20,21)/t9?,12-,13-/m0/s1. The number of rotatable bonds is 5. The first-order valence-corrected chi connectivity index (χ1v) is 8.45. The summed E-state index contributed by atoms with van der Waals surface area (Å²) in [4.78, 5) is 37.1. The van der Waals surface area contributed by atoms with Gasteiger partial charge in [-0.05, 0) is 24.3 Å². The highest BCUT2D eigenvalue weighted by Gasteiger charge is 2.42. The van der Waals surface area contributed by atoms with Gasteiger partial charge in [0.1, 0.15) is 12.1 Å². The van der Waals surface area contributed by atoms with Crippen molar-refractivity contribution in [3.63, 3.8) is 0 Å². The van der Waals surface area contributed by atoms with E-state index in [1.54, 1.807) is 19.1 Å². The highest BCUT2D eigenvalue weighted by molar-refractivity contribution is 7.80. The highest BCUT2D eigenvalue weighted by atomic mass is 35.5. The summed E-state index contributed by atoms with van der Waals surface area (Å²) in [5, 5.41) is 9.81.